The minimum absolute atomic E-state index is 0.151. The van der Waals surface area contributed by atoms with Crippen molar-refractivity contribution in [2.75, 3.05) is 13.6 Å². The molecule has 3 nitrogen and oxygen atoms in total. The van der Waals surface area contributed by atoms with Crippen LogP contribution in [-0.2, 0) is 0 Å². The van der Waals surface area contributed by atoms with Crippen LogP contribution in [0.4, 0.5) is 0 Å². The maximum atomic E-state index is 5.75. The normalized spacial score (nSPS) is 12.9. The van der Waals surface area contributed by atoms with E-state index in [0.29, 0.717) is 0 Å². The van der Waals surface area contributed by atoms with Gasteiger partial charge >= 0.3 is 0 Å². The molecular formula is C13H17NO2. The molecule has 1 aromatic carbocycles. The Hall–Kier alpha value is -1.48. The first-order valence-corrected chi connectivity index (χ1v) is 5.50. The van der Waals surface area contributed by atoms with Crippen LogP contribution in [0, 0.1) is 6.92 Å². The van der Waals surface area contributed by atoms with Gasteiger partial charge in [-0.1, -0.05) is 0 Å². The Bertz CT molecular complexity index is 476. The van der Waals surface area contributed by atoms with Crippen LogP contribution in [0.2, 0.25) is 0 Å². The average Bonchev–Trinajstić information content (AvgIpc) is 2.57. The van der Waals surface area contributed by atoms with Crippen molar-refractivity contribution in [2.24, 2.45) is 0 Å². The first-order chi connectivity index (χ1) is 7.69. The van der Waals surface area contributed by atoms with Crippen molar-refractivity contribution in [3.63, 3.8) is 0 Å². The van der Waals surface area contributed by atoms with E-state index in [1.165, 1.54) is 0 Å². The summed E-state index contributed by atoms with van der Waals surface area (Å²) in [7, 11) is 1.92. The molecule has 16 heavy (non-hydrogen) atoms. The fourth-order valence-electron chi connectivity index (χ4n) is 1.78. The monoisotopic (exact) mass is 219 g/mol. The van der Waals surface area contributed by atoms with Crippen molar-refractivity contribution in [3.8, 4) is 5.75 Å². The number of rotatable bonds is 4. The lowest BCUT2D eigenvalue weighted by Crippen LogP contribution is -2.25. The quantitative estimate of drug-likeness (QED) is 0.858. The predicted octanol–water partition coefficient (Wildman–Crippen LogP) is 2.73. The van der Waals surface area contributed by atoms with Gasteiger partial charge in [-0.15, -0.1) is 0 Å². The molecule has 0 saturated carbocycles. The van der Waals surface area contributed by atoms with Crippen LogP contribution >= 0.6 is 0 Å². The maximum absolute atomic E-state index is 5.75. The number of benzene rings is 1. The number of furan rings is 1. The van der Waals surface area contributed by atoms with E-state index in [4.69, 9.17) is 9.15 Å². The number of nitrogens with one attached hydrogen (secondary N) is 1. The van der Waals surface area contributed by atoms with Crippen LogP contribution in [0.25, 0.3) is 11.0 Å². The molecule has 1 heterocycles. The third-order valence-electron chi connectivity index (χ3n) is 2.44. The molecule has 0 saturated heterocycles. The second-order valence-electron chi connectivity index (χ2n) is 4.04. The van der Waals surface area contributed by atoms with Gasteiger partial charge in [-0.25, -0.2) is 0 Å². The van der Waals surface area contributed by atoms with Crippen LogP contribution in [-0.4, -0.2) is 19.7 Å². The Kier molecular flexibility index (Phi) is 3.15. The SMILES string of the molecule is CNCC(C)Oc1ccc2cc(C)oc2c1. The summed E-state index contributed by atoms with van der Waals surface area (Å²) in [6.07, 6.45) is 0.151. The first kappa shape index (κ1) is 11.0. The zero-order chi connectivity index (χ0) is 11.5. The van der Waals surface area contributed by atoms with E-state index >= 15 is 0 Å². The lowest BCUT2D eigenvalue weighted by molar-refractivity contribution is 0.220. The molecule has 0 aliphatic carbocycles. The highest BCUT2D eigenvalue weighted by atomic mass is 16.5. The Morgan fingerprint density at radius 2 is 2.19 bits per heavy atom. The third-order valence-corrected chi connectivity index (χ3v) is 2.44. The van der Waals surface area contributed by atoms with Crippen LogP contribution in [0.5, 0.6) is 5.75 Å². The van der Waals surface area contributed by atoms with Crippen molar-refractivity contribution in [3.05, 3.63) is 30.0 Å². The lowest BCUT2D eigenvalue weighted by atomic mass is 10.2. The fourth-order valence-corrected chi connectivity index (χ4v) is 1.78. The van der Waals surface area contributed by atoms with Crippen molar-refractivity contribution in [1.82, 2.24) is 5.32 Å². The standard InChI is InChI=1S/C13H17NO2/c1-9-6-11-4-5-12(7-13(11)16-9)15-10(2)8-14-3/h4-7,10,14H,8H2,1-3H3. The summed E-state index contributed by atoms with van der Waals surface area (Å²) < 4.78 is 11.3. The van der Waals surface area contributed by atoms with Gasteiger partial charge in [0.2, 0.25) is 0 Å². The Morgan fingerprint density at radius 3 is 2.94 bits per heavy atom. The highest BCUT2D eigenvalue weighted by Crippen LogP contribution is 2.24. The Morgan fingerprint density at radius 1 is 1.38 bits per heavy atom. The van der Waals surface area contributed by atoms with Crippen LogP contribution < -0.4 is 10.1 Å². The number of ether oxygens (including phenoxy) is 1. The van der Waals surface area contributed by atoms with E-state index in [1.54, 1.807) is 0 Å². The first-order valence-electron chi connectivity index (χ1n) is 5.50. The molecule has 1 atom stereocenters. The van der Waals surface area contributed by atoms with Gasteiger partial charge in [0, 0.05) is 18.0 Å². The van der Waals surface area contributed by atoms with Gasteiger partial charge in [0.15, 0.2) is 0 Å². The number of hydrogen-bond donors (Lipinski definition) is 1. The fraction of sp³-hybridized carbons (Fsp3) is 0.385. The number of aryl methyl sites for hydroxylation is 1. The summed E-state index contributed by atoms with van der Waals surface area (Å²) in [5.74, 6) is 1.78. The van der Waals surface area contributed by atoms with E-state index in [0.717, 1.165) is 29.0 Å². The summed E-state index contributed by atoms with van der Waals surface area (Å²) in [5, 5.41) is 4.20. The topological polar surface area (TPSA) is 34.4 Å². The predicted molar refractivity (Wildman–Crippen MR) is 65.0 cm³/mol. The van der Waals surface area contributed by atoms with Crippen LogP contribution in [0.1, 0.15) is 12.7 Å². The van der Waals surface area contributed by atoms with Gasteiger partial charge in [0.25, 0.3) is 0 Å². The lowest BCUT2D eigenvalue weighted by Gasteiger charge is -2.13. The summed E-state index contributed by atoms with van der Waals surface area (Å²) in [6.45, 7) is 4.81. The maximum Gasteiger partial charge on any atom is 0.137 e. The van der Waals surface area contributed by atoms with Crippen molar-refractivity contribution >= 4 is 11.0 Å². The van der Waals surface area contributed by atoms with Crippen molar-refractivity contribution in [1.29, 1.82) is 0 Å². The molecule has 0 spiro atoms. The summed E-state index contributed by atoms with van der Waals surface area (Å²) >= 11 is 0. The molecule has 1 unspecified atom stereocenters. The van der Waals surface area contributed by atoms with Gasteiger partial charge in [0.1, 0.15) is 23.2 Å². The van der Waals surface area contributed by atoms with E-state index in [1.807, 2.05) is 45.2 Å². The molecule has 1 aromatic heterocycles. The van der Waals surface area contributed by atoms with E-state index in [-0.39, 0.29) is 6.10 Å². The molecule has 2 rings (SSSR count). The third kappa shape index (κ3) is 2.36. The van der Waals surface area contributed by atoms with Gasteiger partial charge in [-0.05, 0) is 39.1 Å². The Labute approximate surface area is 95.4 Å². The second-order valence-corrected chi connectivity index (χ2v) is 4.04. The highest BCUT2D eigenvalue weighted by Gasteiger charge is 2.05. The smallest absolute Gasteiger partial charge is 0.137 e. The molecular weight excluding hydrogens is 202 g/mol. The molecule has 0 fully saturated rings. The minimum Gasteiger partial charge on any atom is -0.489 e. The molecule has 0 amide bonds. The van der Waals surface area contributed by atoms with Crippen molar-refractivity contribution in [2.45, 2.75) is 20.0 Å². The van der Waals surface area contributed by atoms with Crippen molar-refractivity contribution < 1.29 is 9.15 Å². The zero-order valence-electron chi connectivity index (χ0n) is 9.91. The van der Waals surface area contributed by atoms with E-state index < -0.39 is 0 Å². The largest absolute Gasteiger partial charge is 0.489 e. The molecule has 2 aromatic rings. The summed E-state index contributed by atoms with van der Waals surface area (Å²) in [6, 6.07) is 7.96. The molecule has 0 aliphatic heterocycles. The van der Waals surface area contributed by atoms with Gasteiger partial charge in [-0.3, -0.25) is 0 Å². The molecule has 0 radical (unpaired) electrons. The van der Waals surface area contributed by atoms with Gasteiger partial charge in [-0.2, -0.15) is 0 Å². The molecule has 0 aliphatic rings. The van der Waals surface area contributed by atoms with Gasteiger partial charge in [0.05, 0.1) is 0 Å². The Balaban J connectivity index is 2.18. The number of likely N-dealkylation sites (N-methyl/N-ethyl adjacent to an activating group) is 1. The van der Waals surface area contributed by atoms with E-state index in [2.05, 4.69) is 5.32 Å². The molecule has 0 bridgehead atoms. The molecule has 3 heteroatoms. The highest BCUT2D eigenvalue weighted by molar-refractivity contribution is 5.79. The second kappa shape index (κ2) is 4.58. The van der Waals surface area contributed by atoms with Crippen LogP contribution in [0.3, 0.4) is 0 Å². The molecule has 1 N–H and O–H groups in total. The van der Waals surface area contributed by atoms with Crippen LogP contribution in [0.15, 0.2) is 28.7 Å². The number of fused-ring (bicyclic) bond motifs is 1. The average molecular weight is 219 g/mol. The number of hydrogen-bond acceptors (Lipinski definition) is 3. The van der Waals surface area contributed by atoms with Gasteiger partial charge < -0.3 is 14.5 Å². The zero-order valence-corrected chi connectivity index (χ0v) is 9.91. The summed E-state index contributed by atoms with van der Waals surface area (Å²) in [4.78, 5) is 0. The van der Waals surface area contributed by atoms with E-state index in [9.17, 15) is 0 Å². The summed E-state index contributed by atoms with van der Waals surface area (Å²) in [5.41, 5.74) is 0.881. The molecule has 86 valence electrons. The minimum atomic E-state index is 0.151.